The quantitative estimate of drug-likeness (QED) is 0.775. The molecule has 0 atom stereocenters. The molecule has 0 aliphatic rings. The summed E-state index contributed by atoms with van der Waals surface area (Å²) in [5, 5.41) is 1.09. The zero-order valence-corrected chi connectivity index (χ0v) is 13.0. The summed E-state index contributed by atoms with van der Waals surface area (Å²) in [5.41, 5.74) is 3.86. The summed E-state index contributed by atoms with van der Waals surface area (Å²) in [6.45, 7) is 8.74. The molecule has 18 heavy (non-hydrogen) atoms. The normalized spacial score (nSPS) is 11.8. The molecule has 3 heteroatoms. The SMILES string of the molecule is Cc1nc(-c2ccc(C(C)(C)C)cc2)sc1CS. The Morgan fingerprint density at radius 3 is 2.22 bits per heavy atom. The lowest BCUT2D eigenvalue weighted by molar-refractivity contribution is 0.590. The molecule has 2 rings (SSSR count). The Bertz CT molecular complexity index is 533. The number of benzene rings is 1. The van der Waals surface area contributed by atoms with Gasteiger partial charge in [-0.15, -0.1) is 11.3 Å². The first-order valence-electron chi connectivity index (χ1n) is 6.10. The van der Waals surface area contributed by atoms with Gasteiger partial charge in [0.2, 0.25) is 0 Å². The summed E-state index contributed by atoms with van der Waals surface area (Å²) >= 11 is 6.07. The van der Waals surface area contributed by atoms with E-state index in [2.05, 4.69) is 69.6 Å². The minimum Gasteiger partial charge on any atom is -0.241 e. The summed E-state index contributed by atoms with van der Waals surface area (Å²) in [6.07, 6.45) is 0. The molecule has 0 radical (unpaired) electrons. The van der Waals surface area contributed by atoms with Crippen molar-refractivity contribution in [2.75, 3.05) is 0 Å². The minimum atomic E-state index is 0.202. The summed E-state index contributed by atoms with van der Waals surface area (Å²) in [6, 6.07) is 8.74. The first-order valence-corrected chi connectivity index (χ1v) is 7.55. The average molecular weight is 277 g/mol. The van der Waals surface area contributed by atoms with Crippen LogP contribution in [0.25, 0.3) is 10.6 Å². The van der Waals surface area contributed by atoms with Gasteiger partial charge in [0, 0.05) is 16.2 Å². The molecule has 0 aliphatic carbocycles. The van der Waals surface area contributed by atoms with Gasteiger partial charge in [0.05, 0.1) is 5.69 Å². The number of rotatable bonds is 2. The Morgan fingerprint density at radius 2 is 1.78 bits per heavy atom. The van der Waals surface area contributed by atoms with Crippen molar-refractivity contribution in [3.05, 3.63) is 40.4 Å². The van der Waals surface area contributed by atoms with Crippen LogP contribution in [0.15, 0.2) is 24.3 Å². The molecule has 96 valence electrons. The van der Waals surface area contributed by atoms with E-state index in [0.717, 1.165) is 16.5 Å². The van der Waals surface area contributed by atoms with Gasteiger partial charge in [-0.3, -0.25) is 0 Å². The van der Waals surface area contributed by atoms with Gasteiger partial charge in [-0.1, -0.05) is 45.0 Å². The number of thiol groups is 1. The maximum absolute atomic E-state index is 4.61. The van der Waals surface area contributed by atoms with Crippen molar-refractivity contribution in [3.8, 4) is 10.6 Å². The smallest absolute Gasteiger partial charge is 0.123 e. The monoisotopic (exact) mass is 277 g/mol. The van der Waals surface area contributed by atoms with Crippen molar-refractivity contribution in [3.63, 3.8) is 0 Å². The zero-order valence-electron chi connectivity index (χ0n) is 11.3. The van der Waals surface area contributed by atoms with Crippen LogP contribution in [0.1, 0.15) is 36.9 Å². The summed E-state index contributed by atoms with van der Waals surface area (Å²) in [5.74, 6) is 0.767. The predicted molar refractivity (Wildman–Crippen MR) is 83.7 cm³/mol. The first-order chi connectivity index (χ1) is 8.41. The van der Waals surface area contributed by atoms with Gasteiger partial charge in [-0.2, -0.15) is 12.6 Å². The van der Waals surface area contributed by atoms with E-state index < -0.39 is 0 Å². The summed E-state index contributed by atoms with van der Waals surface area (Å²) in [4.78, 5) is 5.87. The molecule has 0 saturated heterocycles. The molecular formula is C15H19NS2. The second kappa shape index (κ2) is 5.06. The Kier molecular flexibility index (Phi) is 3.83. The molecule has 1 nitrogen and oxygen atoms in total. The lowest BCUT2D eigenvalue weighted by Gasteiger charge is -2.18. The molecule has 0 saturated carbocycles. The van der Waals surface area contributed by atoms with Crippen LogP contribution < -0.4 is 0 Å². The van der Waals surface area contributed by atoms with Gasteiger partial charge in [0.25, 0.3) is 0 Å². The molecule has 1 heterocycles. The van der Waals surface area contributed by atoms with E-state index in [9.17, 15) is 0 Å². The van der Waals surface area contributed by atoms with Gasteiger partial charge < -0.3 is 0 Å². The molecular weight excluding hydrogens is 258 g/mol. The highest BCUT2D eigenvalue weighted by Gasteiger charge is 2.14. The molecule has 0 fully saturated rings. The van der Waals surface area contributed by atoms with Crippen LogP contribution in [0.2, 0.25) is 0 Å². The van der Waals surface area contributed by atoms with Crippen molar-refractivity contribution in [2.24, 2.45) is 0 Å². The number of aromatic nitrogens is 1. The van der Waals surface area contributed by atoms with Crippen molar-refractivity contribution >= 4 is 24.0 Å². The van der Waals surface area contributed by atoms with E-state index in [0.29, 0.717) is 0 Å². The van der Waals surface area contributed by atoms with Crippen LogP contribution in [0.5, 0.6) is 0 Å². The third-order valence-corrected chi connectivity index (χ3v) is 4.77. The van der Waals surface area contributed by atoms with Crippen molar-refractivity contribution in [2.45, 2.75) is 38.9 Å². The van der Waals surface area contributed by atoms with Crippen molar-refractivity contribution in [1.82, 2.24) is 4.98 Å². The maximum Gasteiger partial charge on any atom is 0.123 e. The Hall–Kier alpha value is -0.800. The molecule has 1 aromatic heterocycles. The standard InChI is InChI=1S/C15H19NS2/c1-10-13(9-17)18-14(16-10)11-5-7-12(8-6-11)15(2,3)4/h5-8,17H,9H2,1-4H3. The molecule has 0 N–H and O–H groups in total. The molecule has 0 spiro atoms. The average Bonchev–Trinajstić information content (AvgIpc) is 2.69. The van der Waals surface area contributed by atoms with E-state index in [1.165, 1.54) is 16.0 Å². The molecule has 1 aromatic carbocycles. The third-order valence-electron chi connectivity index (χ3n) is 3.03. The maximum atomic E-state index is 4.61. The van der Waals surface area contributed by atoms with Crippen molar-refractivity contribution in [1.29, 1.82) is 0 Å². The van der Waals surface area contributed by atoms with Crippen LogP contribution in [-0.2, 0) is 11.2 Å². The molecule has 0 unspecified atom stereocenters. The number of nitrogens with zero attached hydrogens (tertiary/aromatic N) is 1. The van der Waals surface area contributed by atoms with Gasteiger partial charge in [0.15, 0.2) is 0 Å². The fourth-order valence-corrected chi connectivity index (χ4v) is 3.16. The topological polar surface area (TPSA) is 12.9 Å². The van der Waals surface area contributed by atoms with Crippen LogP contribution in [0.3, 0.4) is 0 Å². The number of thiazole rings is 1. The number of aryl methyl sites for hydroxylation is 1. The summed E-state index contributed by atoms with van der Waals surface area (Å²) in [7, 11) is 0. The highest BCUT2D eigenvalue weighted by atomic mass is 32.1. The van der Waals surface area contributed by atoms with Crippen LogP contribution in [0, 0.1) is 6.92 Å². The van der Waals surface area contributed by atoms with Crippen molar-refractivity contribution < 1.29 is 0 Å². The number of hydrogen-bond acceptors (Lipinski definition) is 3. The first kappa shape index (κ1) is 13.6. The molecule has 0 aliphatic heterocycles. The lowest BCUT2D eigenvalue weighted by Crippen LogP contribution is -2.10. The van der Waals surface area contributed by atoms with Gasteiger partial charge in [-0.25, -0.2) is 4.98 Å². The highest BCUT2D eigenvalue weighted by molar-refractivity contribution is 7.79. The molecule has 0 bridgehead atoms. The second-order valence-electron chi connectivity index (χ2n) is 5.51. The number of hydrogen-bond donors (Lipinski definition) is 1. The highest BCUT2D eigenvalue weighted by Crippen LogP contribution is 2.30. The Morgan fingerprint density at radius 1 is 1.17 bits per heavy atom. The van der Waals surface area contributed by atoms with Crippen LogP contribution in [-0.4, -0.2) is 4.98 Å². The third kappa shape index (κ3) is 2.78. The van der Waals surface area contributed by atoms with E-state index >= 15 is 0 Å². The molecule has 0 amide bonds. The second-order valence-corrected chi connectivity index (χ2v) is 6.91. The fourth-order valence-electron chi connectivity index (χ4n) is 1.81. The summed E-state index contributed by atoms with van der Waals surface area (Å²) < 4.78 is 0. The van der Waals surface area contributed by atoms with Gasteiger partial charge in [-0.05, 0) is 17.9 Å². The van der Waals surface area contributed by atoms with E-state index in [-0.39, 0.29) is 5.41 Å². The predicted octanol–water partition coefficient (Wildman–Crippen LogP) is 4.85. The van der Waals surface area contributed by atoms with E-state index in [4.69, 9.17) is 0 Å². The van der Waals surface area contributed by atoms with E-state index in [1.807, 2.05) is 0 Å². The van der Waals surface area contributed by atoms with Gasteiger partial charge >= 0.3 is 0 Å². The minimum absolute atomic E-state index is 0.202. The fraction of sp³-hybridized carbons (Fsp3) is 0.400. The zero-order chi connectivity index (χ0) is 13.3. The Labute approximate surface area is 119 Å². The Balaban J connectivity index is 2.34. The van der Waals surface area contributed by atoms with Crippen LogP contribution >= 0.6 is 24.0 Å². The van der Waals surface area contributed by atoms with Crippen LogP contribution in [0.4, 0.5) is 0 Å². The largest absolute Gasteiger partial charge is 0.241 e. The molecule has 2 aromatic rings. The lowest BCUT2D eigenvalue weighted by atomic mass is 9.87. The van der Waals surface area contributed by atoms with Gasteiger partial charge in [0.1, 0.15) is 5.01 Å². The van der Waals surface area contributed by atoms with E-state index in [1.54, 1.807) is 11.3 Å².